The van der Waals surface area contributed by atoms with Crippen molar-refractivity contribution >= 4 is 29.1 Å². The lowest BCUT2D eigenvalue weighted by Crippen LogP contribution is -2.31. The Morgan fingerprint density at radius 3 is 2.61 bits per heavy atom. The van der Waals surface area contributed by atoms with E-state index in [0.717, 1.165) is 51.1 Å². The third kappa shape index (κ3) is 3.80. The van der Waals surface area contributed by atoms with Gasteiger partial charge in [-0.15, -0.1) is 12.4 Å². The summed E-state index contributed by atoms with van der Waals surface area (Å²) >= 11 is 0. The largest absolute Gasteiger partial charge is 0.350 e. The van der Waals surface area contributed by atoms with Gasteiger partial charge < -0.3 is 9.47 Å². The first-order valence-electron chi connectivity index (χ1n) is 11.3. The van der Waals surface area contributed by atoms with Crippen LogP contribution in [0.4, 0.5) is 5.82 Å². The molecule has 1 aromatic carbocycles. The molecule has 0 saturated carbocycles. The highest BCUT2D eigenvalue weighted by Gasteiger charge is 2.24. The zero-order valence-corrected chi connectivity index (χ0v) is 19.6. The molecular formula is C27H32ClN3. The number of rotatable bonds is 4. The summed E-state index contributed by atoms with van der Waals surface area (Å²) in [6, 6.07) is 8.86. The van der Waals surface area contributed by atoms with Gasteiger partial charge >= 0.3 is 0 Å². The highest BCUT2D eigenvalue weighted by atomic mass is 35.5. The molecule has 0 N–H and O–H groups in total. The van der Waals surface area contributed by atoms with E-state index in [2.05, 4.69) is 78.9 Å². The van der Waals surface area contributed by atoms with Crippen molar-refractivity contribution in [3.8, 4) is 0 Å². The van der Waals surface area contributed by atoms with Gasteiger partial charge in [0, 0.05) is 36.9 Å². The SMILES string of the molecule is CCc1cnc(N2CCc3ccccc3C2)c2c1c(C)c(C)n2CC1=CC=CCC1.Cl. The Labute approximate surface area is 191 Å². The standard InChI is InChI=1S/C27H31N3.ClH/c1-4-22-16-28-27(29-15-14-23-12-8-9-13-24(23)18-29)26-25(22)19(2)20(3)30(26)17-21-10-6-5-7-11-21;/h5-6,8-10,12-13,16H,4,7,11,14-15,17-18H2,1-3H3;1H. The number of aryl methyl sites for hydroxylation is 2. The summed E-state index contributed by atoms with van der Waals surface area (Å²) in [5.74, 6) is 1.15. The number of allylic oxidation sites excluding steroid dienone is 4. The van der Waals surface area contributed by atoms with Crippen molar-refractivity contribution in [3.63, 3.8) is 0 Å². The molecule has 2 aromatic heterocycles. The number of hydrogen-bond donors (Lipinski definition) is 0. The first-order valence-corrected chi connectivity index (χ1v) is 11.3. The molecule has 0 unspecified atom stereocenters. The normalized spacial score (nSPS) is 15.6. The van der Waals surface area contributed by atoms with Crippen LogP contribution in [0.15, 0.2) is 54.3 Å². The van der Waals surface area contributed by atoms with Gasteiger partial charge in [0.05, 0.1) is 5.52 Å². The van der Waals surface area contributed by atoms with Crippen LogP contribution in [0.2, 0.25) is 0 Å². The van der Waals surface area contributed by atoms with Gasteiger partial charge in [0.2, 0.25) is 0 Å². The number of nitrogens with zero attached hydrogens (tertiary/aromatic N) is 3. The van der Waals surface area contributed by atoms with Crippen LogP contribution in [-0.2, 0) is 25.9 Å². The number of halogens is 1. The van der Waals surface area contributed by atoms with Crippen molar-refractivity contribution in [2.24, 2.45) is 0 Å². The number of aromatic nitrogens is 2. The van der Waals surface area contributed by atoms with E-state index >= 15 is 0 Å². The van der Waals surface area contributed by atoms with Gasteiger partial charge in [0.15, 0.2) is 5.82 Å². The number of anilines is 1. The molecule has 1 aliphatic heterocycles. The minimum absolute atomic E-state index is 0. The van der Waals surface area contributed by atoms with Crippen LogP contribution in [0, 0.1) is 13.8 Å². The molecule has 0 spiro atoms. The topological polar surface area (TPSA) is 21.1 Å². The van der Waals surface area contributed by atoms with Crippen LogP contribution in [0.3, 0.4) is 0 Å². The van der Waals surface area contributed by atoms with Gasteiger partial charge in [-0.1, -0.05) is 55.0 Å². The monoisotopic (exact) mass is 433 g/mol. The van der Waals surface area contributed by atoms with Crippen molar-refractivity contribution < 1.29 is 0 Å². The molecule has 1 aliphatic carbocycles. The Morgan fingerprint density at radius 1 is 1.06 bits per heavy atom. The average Bonchev–Trinajstić information content (AvgIpc) is 3.04. The van der Waals surface area contributed by atoms with Crippen LogP contribution in [0.5, 0.6) is 0 Å². The summed E-state index contributed by atoms with van der Waals surface area (Å²) < 4.78 is 2.54. The van der Waals surface area contributed by atoms with Crippen molar-refractivity contribution in [3.05, 3.63) is 82.2 Å². The third-order valence-electron chi connectivity index (χ3n) is 6.98. The van der Waals surface area contributed by atoms with Crippen LogP contribution in [0.25, 0.3) is 10.9 Å². The van der Waals surface area contributed by atoms with Crippen molar-refractivity contribution in [1.82, 2.24) is 9.55 Å². The lowest BCUT2D eigenvalue weighted by Gasteiger charge is -2.31. The van der Waals surface area contributed by atoms with E-state index < -0.39 is 0 Å². The van der Waals surface area contributed by atoms with Crippen LogP contribution in [0.1, 0.15) is 47.7 Å². The van der Waals surface area contributed by atoms with Crippen LogP contribution < -0.4 is 4.90 Å². The Hall–Kier alpha value is -2.52. The van der Waals surface area contributed by atoms with Crippen LogP contribution in [-0.4, -0.2) is 16.1 Å². The third-order valence-corrected chi connectivity index (χ3v) is 6.98. The van der Waals surface area contributed by atoms with Crippen molar-refractivity contribution in [2.75, 3.05) is 11.4 Å². The van der Waals surface area contributed by atoms with Gasteiger partial charge in [0.25, 0.3) is 0 Å². The summed E-state index contributed by atoms with van der Waals surface area (Å²) in [4.78, 5) is 7.55. The molecule has 0 radical (unpaired) electrons. The van der Waals surface area contributed by atoms with E-state index in [0.29, 0.717) is 0 Å². The molecule has 0 atom stereocenters. The first-order chi connectivity index (χ1) is 14.7. The minimum Gasteiger partial charge on any atom is -0.350 e. The van der Waals surface area contributed by atoms with Gasteiger partial charge in [-0.3, -0.25) is 0 Å². The Bertz CT molecular complexity index is 1170. The number of hydrogen-bond acceptors (Lipinski definition) is 2. The molecule has 0 bridgehead atoms. The van der Waals surface area contributed by atoms with Gasteiger partial charge in [-0.25, -0.2) is 4.98 Å². The maximum Gasteiger partial charge on any atom is 0.153 e. The second kappa shape index (κ2) is 8.92. The van der Waals surface area contributed by atoms with Gasteiger partial charge in [-0.05, 0) is 61.8 Å². The van der Waals surface area contributed by atoms with E-state index in [1.54, 1.807) is 0 Å². The quantitative estimate of drug-likeness (QED) is 0.469. The Kier molecular flexibility index (Phi) is 6.24. The Balaban J connectivity index is 0.00000231. The molecule has 0 fully saturated rings. The molecular weight excluding hydrogens is 402 g/mol. The second-order valence-electron chi connectivity index (χ2n) is 8.71. The van der Waals surface area contributed by atoms with E-state index in [-0.39, 0.29) is 12.4 Å². The van der Waals surface area contributed by atoms with Crippen molar-refractivity contribution in [2.45, 2.75) is 59.5 Å². The van der Waals surface area contributed by atoms with E-state index in [1.807, 2.05) is 0 Å². The fraction of sp³-hybridized carbons (Fsp3) is 0.370. The summed E-state index contributed by atoms with van der Waals surface area (Å²) in [5, 5.41) is 1.42. The fourth-order valence-electron chi connectivity index (χ4n) is 5.11. The molecule has 162 valence electrons. The second-order valence-corrected chi connectivity index (χ2v) is 8.71. The maximum atomic E-state index is 5.05. The predicted molar refractivity (Wildman–Crippen MR) is 133 cm³/mol. The molecule has 31 heavy (non-hydrogen) atoms. The molecule has 4 heteroatoms. The molecule has 3 nitrogen and oxygen atoms in total. The van der Waals surface area contributed by atoms with Gasteiger partial charge in [-0.2, -0.15) is 0 Å². The molecule has 0 amide bonds. The summed E-state index contributed by atoms with van der Waals surface area (Å²) in [6.45, 7) is 9.75. The summed E-state index contributed by atoms with van der Waals surface area (Å²) in [6.07, 6.45) is 13.3. The minimum atomic E-state index is 0. The highest BCUT2D eigenvalue weighted by molar-refractivity contribution is 5.96. The van der Waals surface area contributed by atoms with E-state index in [1.165, 1.54) is 44.4 Å². The van der Waals surface area contributed by atoms with E-state index in [4.69, 9.17) is 4.98 Å². The molecule has 0 saturated heterocycles. The predicted octanol–water partition coefficient (Wildman–Crippen LogP) is 6.48. The number of fused-ring (bicyclic) bond motifs is 2. The summed E-state index contributed by atoms with van der Waals surface area (Å²) in [7, 11) is 0. The molecule has 2 aliphatic rings. The Morgan fingerprint density at radius 2 is 1.87 bits per heavy atom. The van der Waals surface area contributed by atoms with Crippen LogP contribution >= 0.6 is 12.4 Å². The average molecular weight is 434 g/mol. The molecule has 3 aromatic rings. The van der Waals surface area contributed by atoms with E-state index in [9.17, 15) is 0 Å². The summed E-state index contributed by atoms with van der Waals surface area (Å²) in [5.41, 5.74) is 9.91. The van der Waals surface area contributed by atoms with Crippen molar-refractivity contribution in [1.29, 1.82) is 0 Å². The zero-order chi connectivity index (χ0) is 20.7. The molecule has 5 rings (SSSR count). The zero-order valence-electron chi connectivity index (χ0n) is 18.8. The smallest absolute Gasteiger partial charge is 0.153 e. The lowest BCUT2D eigenvalue weighted by molar-refractivity contribution is 0.709. The first kappa shape index (κ1) is 21.7. The van der Waals surface area contributed by atoms with Gasteiger partial charge in [0.1, 0.15) is 0 Å². The number of benzene rings is 1. The lowest BCUT2D eigenvalue weighted by atomic mass is 9.99. The maximum absolute atomic E-state index is 5.05. The highest BCUT2D eigenvalue weighted by Crippen LogP contribution is 2.37. The molecule has 3 heterocycles. The fourth-order valence-corrected chi connectivity index (χ4v) is 5.11. The number of pyridine rings is 1.